The Kier molecular flexibility index (Phi) is 7.67. The largest absolute Gasteiger partial charge is 0.491 e. The molecule has 0 bridgehead atoms. The van der Waals surface area contributed by atoms with Crippen molar-refractivity contribution in [3.8, 4) is 5.75 Å². The van der Waals surface area contributed by atoms with Crippen LogP contribution in [0.4, 0.5) is 17.1 Å². The Morgan fingerprint density at radius 2 is 1.59 bits per heavy atom. The van der Waals surface area contributed by atoms with Crippen molar-refractivity contribution in [2.45, 2.75) is 39.7 Å². The van der Waals surface area contributed by atoms with Gasteiger partial charge in [0.1, 0.15) is 5.75 Å². The lowest BCUT2D eigenvalue weighted by Gasteiger charge is -2.14. The fourth-order valence-corrected chi connectivity index (χ4v) is 2.27. The van der Waals surface area contributed by atoms with Crippen LogP contribution < -0.4 is 20.7 Å². The number of carbonyl (C=O) groups is 2. The molecule has 0 aliphatic carbocycles. The topological polar surface area (TPSA) is 79.5 Å². The number of anilines is 3. The molecule has 0 aliphatic heterocycles. The van der Waals surface area contributed by atoms with Gasteiger partial charge in [0.05, 0.1) is 12.6 Å². The van der Waals surface area contributed by atoms with Crippen molar-refractivity contribution in [2.75, 3.05) is 22.5 Å². The molecule has 27 heavy (non-hydrogen) atoms. The first-order chi connectivity index (χ1) is 13.0. The number of carbonyl (C=O) groups excluding carboxylic acids is 2. The van der Waals surface area contributed by atoms with Gasteiger partial charge in [0, 0.05) is 29.5 Å². The van der Waals surface area contributed by atoms with Crippen molar-refractivity contribution in [3.63, 3.8) is 0 Å². The van der Waals surface area contributed by atoms with Gasteiger partial charge in [-0.25, -0.2) is 0 Å². The molecule has 0 saturated heterocycles. The molecule has 1 atom stereocenters. The Labute approximate surface area is 160 Å². The van der Waals surface area contributed by atoms with Crippen molar-refractivity contribution in [1.29, 1.82) is 0 Å². The summed E-state index contributed by atoms with van der Waals surface area (Å²) in [6.07, 6.45) is 1.48. The first kappa shape index (κ1) is 20.3. The SMILES string of the molecule is CCC(=O)Nc1ccc(NCC(=O)Nc2cccc(OC(C)CC)c2)cc1. The highest BCUT2D eigenvalue weighted by molar-refractivity contribution is 5.94. The number of hydrogen-bond acceptors (Lipinski definition) is 4. The molecule has 1 unspecified atom stereocenters. The number of hydrogen-bond donors (Lipinski definition) is 3. The van der Waals surface area contributed by atoms with Gasteiger partial charge in [0.25, 0.3) is 0 Å². The normalized spacial score (nSPS) is 11.4. The summed E-state index contributed by atoms with van der Waals surface area (Å²) in [6, 6.07) is 14.6. The number of amides is 2. The molecule has 0 saturated carbocycles. The van der Waals surface area contributed by atoms with Gasteiger partial charge in [-0.2, -0.15) is 0 Å². The van der Waals surface area contributed by atoms with E-state index in [0.29, 0.717) is 12.1 Å². The quantitative estimate of drug-likeness (QED) is 0.617. The van der Waals surface area contributed by atoms with Gasteiger partial charge in [-0.3, -0.25) is 9.59 Å². The van der Waals surface area contributed by atoms with Crippen LogP contribution in [0.2, 0.25) is 0 Å². The monoisotopic (exact) mass is 369 g/mol. The maximum atomic E-state index is 12.2. The van der Waals surface area contributed by atoms with Gasteiger partial charge in [-0.15, -0.1) is 0 Å². The van der Waals surface area contributed by atoms with Crippen LogP contribution >= 0.6 is 0 Å². The summed E-state index contributed by atoms with van der Waals surface area (Å²) in [4.78, 5) is 23.5. The third-order valence-corrected chi connectivity index (χ3v) is 3.97. The minimum Gasteiger partial charge on any atom is -0.491 e. The second-order valence-electron chi connectivity index (χ2n) is 6.25. The van der Waals surface area contributed by atoms with E-state index in [2.05, 4.69) is 22.9 Å². The van der Waals surface area contributed by atoms with E-state index in [1.807, 2.05) is 43.3 Å². The molecule has 2 aromatic carbocycles. The molecule has 6 heteroatoms. The number of ether oxygens (including phenoxy) is 1. The van der Waals surface area contributed by atoms with Crippen LogP contribution in [0.3, 0.4) is 0 Å². The van der Waals surface area contributed by atoms with E-state index < -0.39 is 0 Å². The molecule has 0 heterocycles. The van der Waals surface area contributed by atoms with Crippen LogP contribution in [-0.2, 0) is 9.59 Å². The molecule has 0 aliphatic rings. The highest BCUT2D eigenvalue weighted by Gasteiger charge is 2.06. The average Bonchev–Trinajstić information content (AvgIpc) is 2.67. The van der Waals surface area contributed by atoms with Crippen molar-refractivity contribution >= 4 is 28.9 Å². The maximum Gasteiger partial charge on any atom is 0.243 e. The fraction of sp³-hybridized carbons (Fsp3) is 0.333. The predicted octanol–water partition coefficient (Wildman–Crippen LogP) is 4.26. The molecule has 0 aromatic heterocycles. The van der Waals surface area contributed by atoms with Crippen LogP contribution in [0.15, 0.2) is 48.5 Å². The van der Waals surface area contributed by atoms with Crippen LogP contribution in [0.25, 0.3) is 0 Å². The van der Waals surface area contributed by atoms with E-state index >= 15 is 0 Å². The second kappa shape index (κ2) is 10.2. The second-order valence-corrected chi connectivity index (χ2v) is 6.25. The molecular formula is C21H27N3O3. The van der Waals surface area contributed by atoms with Crippen LogP contribution in [0.1, 0.15) is 33.6 Å². The van der Waals surface area contributed by atoms with Crippen molar-refractivity contribution in [2.24, 2.45) is 0 Å². The summed E-state index contributed by atoms with van der Waals surface area (Å²) in [5.74, 6) is 0.550. The minimum absolute atomic E-state index is 0.0328. The third kappa shape index (κ3) is 7.01. The average molecular weight is 369 g/mol. The first-order valence-electron chi connectivity index (χ1n) is 9.20. The zero-order valence-electron chi connectivity index (χ0n) is 16.0. The third-order valence-electron chi connectivity index (χ3n) is 3.97. The van der Waals surface area contributed by atoms with Gasteiger partial charge >= 0.3 is 0 Å². The van der Waals surface area contributed by atoms with E-state index in [-0.39, 0.29) is 24.5 Å². The summed E-state index contributed by atoms with van der Waals surface area (Å²) < 4.78 is 5.76. The Hall–Kier alpha value is -3.02. The van der Waals surface area contributed by atoms with Crippen LogP contribution in [0.5, 0.6) is 5.75 Å². The molecule has 144 valence electrons. The molecule has 0 fully saturated rings. The van der Waals surface area contributed by atoms with Crippen molar-refractivity contribution in [1.82, 2.24) is 0 Å². The number of rotatable bonds is 9. The molecule has 0 spiro atoms. The Morgan fingerprint density at radius 3 is 2.26 bits per heavy atom. The van der Waals surface area contributed by atoms with Gasteiger partial charge in [0.15, 0.2) is 0 Å². The molecule has 2 amide bonds. The van der Waals surface area contributed by atoms with Gasteiger partial charge in [0.2, 0.25) is 11.8 Å². The van der Waals surface area contributed by atoms with E-state index in [9.17, 15) is 9.59 Å². The highest BCUT2D eigenvalue weighted by Crippen LogP contribution is 2.19. The summed E-state index contributed by atoms with van der Waals surface area (Å²) >= 11 is 0. The van der Waals surface area contributed by atoms with E-state index in [4.69, 9.17) is 4.74 Å². The lowest BCUT2D eigenvalue weighted by Crippen LogP contribution is -2.21. The van der Waals surface area contributed by atoms with Gasteiger partial charge in [-0.1, -0.05) is 19.9 Å². The van der Waals surface area contributed by atoms with Gasteiger partial charge in [-0.05, 0) is 49.7 Å². The zero-order chi connectivity index (χ0) is 19.6. The van der Waals surface area contributed by atoms with Crippen LogP contribution in [0, 0.1) is 0 Å². The summed E-state index contributed by atoms with van der Waals surface area (Å²) in [6.45, 7) is 6.01. The van der Waals surface area contributed by atoms with E-state index in [0.717, 1.165) is 23.5 Å². The number of benzene rings is 2. The van der Waals surface area contributed by atoms with Crippen molar-refractivity contribution in [3.05, 3.63) is 48.5 Å². The Bertz CT molecular complexity index is 760. The Morgan fingerprint density at radius 1 is 0.926 bits per heavy atom. The van der Waals surface area contributed by atoms with E-state index in [1.165, 1.54) is 0 Å². The molecular weight excluding hydrogens is 342 g/mol. The maximum absolute atomic E-state index is 12.2. The molecule has 3 N–H and O–H groups in total. The number of nitrogens with one attached hydrogen (secondary N) is 3. The fourth-order valence-electron chi connectivity index (χ4n) is 2.27. The summed E-state index contributed by atoms with van der Waals surface area (Å²) in [7, 11) is 0. The lowest BCUT2D eigenvalue weighted by atomic mass is 10.2. The molecule has 6 nitrogen and oxygen atoms in total. The summed E-state index contributed by atoms with van der Waals surface area (Å²) in [5, 5.41) is 8.69. The highest BCUT2D eigenvalue weighted by atomic mass is 16.5. The lowest BCUT2D eigenvalue weighted by molar-refractivity contribution is -0.116. The minimum atomic E-state index is -0.154. The standard InChI is InChI=1S/C21H27N3O3/c1-4-15(3)27-19-8-6-7-18(13-19)24-21(26)14-22-16-9-11-17(12-10-16)23-20(25)5-2/h6-13,15,22H,4-5,14H2,1-3H3,(H,23,25)(H,24,26). The first-order valence-corrected chi connectivity index (χ1v) is 9.20. The molecule has 2 aromatic rings. The van der Waals surface area contributed by atoms with Crippen molar-refractivity contribution < 1.29 is 14.3 Å². The van der Waals surface area contributed by atoms with Gasteiger partial charge < -0.3 is 20.7 Å². The smallest absolute Gasteiger partial charge is 0.243 e. The molecule has 0 radical (unpaired) electrons. The van der Waals surface area contributed by atoms with E-state index in [1.54, 1.807) is 19.1 Å². The predicted molar refractivity (Wildman–Crippen MR) is 109 cm³/mol. The summed E-state index contributed by atoms with van der Waals surface area (Å²) in [5.41, 5.74) is 2.23. The Balaban J connectivity index is 1.84. The zero-order valence-corrected chi connectivity index (χ0v) is 16.0. The van der Waals surface area contributed by atoms with Crippen LogP contribution in [-0.4, -0.2) is 24.5 Å². The molecule has 2 rings (SSSR count).